The quantitative estimate of drug-likeness (QED) is 0.780. The molecule has 0 radical (unpaired) electrons. The van der Waals surface area contributed by atoms with Crippen LogP contribution in [0.15, 0.2) is 30.3 Å². The fourth-order valence-electron chi connectivity index (χ4n) is 2.80. The average molecular weight is 364 g/mol. The second-order valence-corrected chi connectivity index (χ2v) is 8.03. The zero-order valence-electron chi connectivity index (χ0n) is 14.1. The summed E-state index contributed by atoms with van der Waals surface area (Å²) >= 11 is 3.49. The van der Waals surface area contributed by atoms with Gasteiger partial charge in [-0.2, -0.15) is 0 Å². The van der Waals surface area contributed by atoms with E-state index in [1.54, 1.807) is 37.3 Å². The van der Waals surface area contributed by atoms with Gasteiger partial charge in [-0.15, -0.1) is 23.1 Å². The number of thioether (sulfide) groups is 1. The van der Waals surface area contributed by atoms with Crippen LogP contribution in [0.1, 0.15) is 20.7 Å². The molecule has 1 aromatic heterocycles. The third-order valence-corrected chi connectivity index (χ3v) is 6.50. The molecular weight excluding hydrogens is 342 g/mol. The summed E-state index contributed by atoms with van der Waals surface area (Å²) in [6.45, 7) is 2.81. The summed E-state index contributed by atoms with van der Waals surface area (Å²) < 4.78 is 10.6. The Hall–Kier alpha value is -1.66. The van der Waals surface area contributed by atoms with Crippen molar-refractivity contribution in [1.29, 1.82) is 0 Å². The van der Waals surface area contributed by atoms with Gasteiger partial charge in [0.15, 0.2) is 11.5 Å². The number of ether oxygens (including phenoxy) is 2. The first-order valence-electron chi connectivity index (χ1n) is 7.80. The van der Waals surface area contributed by atoms with Gasteiger partial charge in [0, 0.05) is 16.3 Å². The number of rotatable bonds is 6. The van der Waals surface area contributed by atoms with E-state index in [0.717, 1.165) is 23.5 Å². The predicted octanol–water partition coefficient (Wildman–Crippen LogP) is 3.89. The molecule has 1 amide bonds. The Balaban J connectivity index is 1.71. The molecule has 2 aromatic rings. The highest BCUT2D eigenvalue weighted by atomic mass is 32.2. The molecule has 0 bridgehead atoms. The van der Waals surface area contributed by atoms with Crippen LogP contribution in [0.3, 0.4) is 0 Å². The summed E-state index contributed by atoms with van der Waals surface area (Å²) in [5, 5.41) is 0.149. The molecule has 1 aliphatic heterocycles. The lowest BCUT2D eigenvalue weighted by Gasteiger charge is -2.23. The predicted molar refractivity (Wildman–Crippen MR) is 99.2 cm³/mol. The number of amides is 1. The standard InChI is InChI=1S/C18H21NO3S2/c1-12-4-7-16(24-12)18-19(17(20)11-23-18)9-8-13-5-6-14(21-2)15(10-13)22-3/h4-7,10,18H,8-9,11H2,1-3H3. The third kappa shape index (κ3) is 3.54. The molecule has 1 fully saturated rings. The van der Waals surface area contributed by atoms with Crippen LogP contribution in [0.4, 0.5) is 0 Å². The molecule has 0 N–H and O–H groups in total. The number of hydrogen-bond acceptors (Lipinski definition) is 5. The summed E-state index contributed by atoms with van der Waals surface area (Å²) in [7, 11) is 3.27. The van der Waals surface area contributed by atoms with Crippen molar-refractivity contribution in [3.8, 4) is 11.5 Å². The molecule has 1 aromatic carbocycles. The highest BCUT2D eigenvalue weighted by molar-refractivity contribution is 8.00. The third-order valence-electron chi connectivity index (χ3n) is 4.06. The van der Waals surface area contributed by atoms with Gasteiger partial charge in [-0.3, -0.25) is 4.79 Å². The number of aryl methyl sites for hydroxylation is 1. The van der Waals surface area contributed by atoms with Crippen molar-refractivity contribution < 1.29 is 14.3 Å². The van der Waals surface area contributed by atoms with Gasteiger partial charge in [-0.1, -0.05) is 6.07 Å². The van der Waals surface area contributed by atoms with Gasteiger partial charge >= 0.3 is 0 Å². The molecule has 1 atom stereocenters. The molecule has 128 valence electrons. The van der Waals surface area contributed by atoms with E-state index in [1.165, 1.54) is 9.75 Å². The second-order valence-electron chi connectivity index (χ2n) is 5.64. The van der Waals surface area contributed by atoms with Crippen molar-refractivity contribution in [3.63, 3.8) is 0 Å². The number of thiophene rings is 1. The van der Waals surface area contributed by atoms with Crippen molar-refractivity contribution in [2.45, 2.75) is 18.7 Å². The van der Waals surface area contributed by atoms with Crippen molar-refractivity contribution in [2.24, 2.45) is 0 Å². The Labute approximate surface area is 150 Å². The maximum absolute atomic E-state index is 12.3. The molecule has 24 heavy (non-hydrogen) atoms. The Bertz CT molecular complexity index is 729. The lowest BCUT2D eigenvalue weighted by molar-refractivity contribution is -0.127. The summed E-state index contributed by atoms with van der Waals surface area (Å²) in [6.07, 6.45) is 0.799. The zero-order chi connectivity index (χ0) is 17.1. The van der Waals surface area contributed by atoms with E-state index in [2.05, 4.69) is 19.1 Å². The fourth-order valence-corrected chi connectivity index (χ4v) is 5.14. The Kier molecular flexibility index (Phi) is 5.36. The van der Waals surface area contributed by atoms with Gasteiger partial charge in [0.2, 0.25) is 5.91 Å². The van der Waals surface area contributed by atoms with Crippen LogP contribution >= 0.6 is 23.1 Å². The van der Waals surface area contributed by atoms with Crippen LogP contribution < -0.4 is 9.47 Å². The minimum absolute atomic E-state index is 0.149. The van der Waals surface area contributed by atoms with E-state index in [9.17, 15) is 4.79 Å². The summed E-state index contributed by atoms with van der Waals surface area (Å²) in [5.74, 6) is 2.23. The molecule has 2 heterocycles. The zero-order valence-corrected chi connectivity index (χ0v) is 15.7. The fraction of sp³-hybridized carbons (Fsp3) is 0.389. The number of carbonyl (C=O) groups is 1. The van der Waals surface area contributed by atoms with Crippen LogP contribution in [0.2, 0.25) is 0 Å². The van der Waals surface area contributed by atoms with Crippen molar-refractivity contribution in [3.05, 3.63) is 45.6 Å². The molecule has 6 heteroatoms. The normalized spacial score (nSPS) is 17.4. The maximum atomic E-state index is 12.3. The minimum Gasteiger partial charge on any atom is -0.493 e. The molecule has 0 aliphatic carbocycles. The van der Waals surface area contributed by atoms with E-state index >= 15 is 0 Å². The molecule has 1 saturated heterocycles. The van der Waals surface area contributed by atoms with Gasteiger partial charge in [-0.05, 0) is 43.2 Å². The van der Waals surface area contributed by atoms with Crippen LogP contribution in [-0.2, 0) is 11.2 Å². The van der Waals surface area contributed by atoms with E-state index in [0.29, 0.717) is 12.3 Å². The van der Waals surface area contributed by atoms with Crippen molar-refractivity contribution in [1.82, 2.24) is 4.90 Å². The molecule has 3 rings (SSSR count). The van der Waals surface area contributed by atoms with E-state index in [4.69, 9.17) is 9.47 Å². The Morgan fingerprint density at radius 1 is 1.17 bits per heavy atom. The van der Waals surface area contributed by atoms with E-state index < -0.39 is 0 Å². The molecule has 1 unspecified atom stereocenters. The van der Waals surface area contributed by atoms with Crippen molar-refractivity contribution >= 4 is 29.0 Å². The summed E-state index contributed by atoms with van der Waals surface area (Å²) in [4.78, 5) is 16.8. The average Bonchev–Trinajstić information content (AvgIpc) is 3.18. The van der Waals surface area contributed by atoms with Crippen LogP contribution in [0.5, 0.6) is 11.5 Å². The second kappa shape index (κ2) is 7.49. The summed E-state index contributed by atoms with van der Waals surface area (Å²) in [5.41, 5.74) is 1.14. The SMILES string of the molecule is COc1ccc(CCN2C(=O)CSC2c2ccc(C)s2)cc1OC. The molecule has 0 spiro atoms. The molecule has 1 aliphatic rings. The lowest BCUT2D eigenvalue weighted by Crippen LogP contribution is -2.30. The van der Waals surface area contributed by atoms with Gasteiger partial charge in [0.05, 0.1) is 20.0 Å². The van der Waals surface area contributed by atoms with Crippen LogP contribution in [0, 0.1) is 6.92 Å². The summed E-state index contributed by atoms with van der Waals surface area (Å²) in [6, 6.07) is 10.2. The number of hydrogen-bond donors (Lipinski definition) is 0. The lowest BCUT2D eigenvalue weighted by atomic mass is 10.1. The number of carbonyl (C=O) groups excluding carboxylic acids is 1. The first-order valence-corrected chi connectivity index (χ1v) is 9.67. The highest BCUT2D eigenvalue weighted by Gasteiger charge is 2.33. The van der Waals surface area contributed by atoms with E-state index in [1.807, 2.05) is 23.1 Å². The van der Waals surface area contributed by atoms with Gasteiger partial charge in [-0.25, -0.2) is 0 Å². The number of benzene rings is 1. The van der Waals surface area contributed by atoms with Crippen molar-refractivity contribution in [2.75, 3.05) is 26.5 Å². The minimum atomic E-state index is 0.149. The van der Waals surface area contributed by atoms with Gasteiger partial charge < -0.3 is 14.4 Å². The molecule has 4 nitrogen and oxygen atoms in total. The van der Waals surface area contributed by atoms with Crippen LogP contribution in [-0.4, -0.2) is 37.3 Å². The smallest absolute Gasteiger partial charge is 0.233 e. The monoisotopic (exact) mass is 363 g/mol. The first-order chi connectivity index (χ1) is 11.6. The number of methoxy groups -OCH3 is 2. The largest absolute Gasteiger partial charge is 0.493 e. The Morgan fingerprint density at radius 3 is 2.62 bits per heavy atom. The topological polar surface area (TPSA) is 38.8 Å². The highest BCUT2D eigenvalue weighted by Crippen LogP contribution is 2.41. The van der Waals surface area contributed by atoms with E-state index in [-0.39, 0.29) is 11.3 Å². The number of nitrogens with zero attached hydrogens (tertiary/aromatic N) is 1. The Morgan fingerprint density at radius 2 is 1.96 bits per heavy atom. The van der Waals surface area contributed by atoms with Gasteiger partial charge in [0.25, 0.3) is 0 Å². The molecular formula is C18H21NO3S2. The van der Waals surface area contributed by atoms with Gasteiger partial charge in [0.1, 0.15) is 5.37 Å². The first kappa shape index (κ1) is 17.2. The maximum Gasteiger partial charge on any atom is 0.233 e. The van der Waals surface area contributed by atoms with Crippen LogP contribution in [0.25, 0.3) is 0 Å². The molecule has 0 saturated carbocycles.